The van der Waals surface area contributed by atoms with Crippen molar-refractivity contribution in [3.05, 3.63) is 35.4 Å². The van der Waals surface area contributed by atoms with Gasteiger partial charge in [-0.3, -0.25) is 0 Å². The summed E-state index contributed by atoms with van der Waals surface area (Å²) in [5, 5.41) is 0. The lowest BCUT2D eigenvalue weighted by molar-refractivity contribution is 0.0983. The van der Waals surface area contributed by atoms with Crippen LogP contribution in [0.15, 0.2) is 24.3 Å². The lowest BCUT2D eigenvalue weighted by Gasteiger charge is -2.16. The number of hydrogen-bond acceptors (Lipinski definition) is 2. The molecule has 1 heterocycles. The number of ether oxygens (including phenoxy) is 1. The molecule has 1 aliphatic heterocycles. The molecular weight excluding hydrogens is 222 g/mol. The first-order valence-electron chi connectivity index (χ1n) is 7.11. The van der Waals surface area contributed by atoms with Crippen LogP contribution in [0.2, 0.25) is 0 Å². The molecule has 0 spiro atoms. The average molecular weight is 247 g/mol. The highest BCUT2D eigenvalue weighted by Crippen LogP contribution is 2.19. The molecule has 2 atom stereocenters. The normalized spacial score (nSPS) is 21.4. The predicted octanol–water partition coefficient (Wildman–Crippen LogP) is 3.25. The second kappa shape index (κ2) is 6.35. The molecule has 2 heteroatoms. The molecule has 1 aromatic carbocycles. The molecule has 0 radical (unpaired) electrons. The maximum Gasteiger partial charge on any atom is 0.0590 e. The fourth-order valence-electron chi connectivity index (χ4n) is 2.59. The maximum absolute atomic E-state index is 6.20. The fourth-order valence-corrected chi connectivity index (χ4v) is 2.59. The molecule has 2 unspecified atom stereocenters. The Morgan fingerprint density at radius 3 is 2.56 bits per heavy atom. The van der Waals surface area contributed by atoms with Gasteiger partial charge < -0.3 is 10.5 Å². The van der Waals surface area contributed by atoms with Gasteiger partial charge in [0, 0.05) is 12.6 Å². The van der Waals surface area contributed by atoms with Crippen molar-refractivity contribution in [2.24, 2.45) is 5.73 Å². The molecule has 0 aromatic heterocycles. The van der Waals surface area contributed by atoms with E-state index in [9.17, 15) is 0 Å². The van der Waals surface area contributed by atoms with Crippen LogP contribution in [0.5, 0.6) is 0 Å². The summed E-state index contributed by atoms with van der Waals surface area (Å²) in [6.45, 7) is 5.36. The van der Waals surface area contributed by atoms with Gasteiger partial charge in [0.25, 0.3) is 0 Å². The van der Waals surface area contributed by atoms with Gasteiger partial charge in [0.05, 0.1) is 6.10 Å². The first-order valence-corrected chi connectivity index (χ1v) is 7.11. The minimum Gasteiger partial charge on any atom is -0.378 e. The monoisotopic (exact) mass is 247 g/mol. The standard InChI is InChI=1S/C16H25NO/c1-12(2)14-7-5-13(6-8-14)10-15(17)11-16-4-3-9-18-16/h5-8,12,15-16H,3-4,9-11,17H2,1-2H3. The first-order chi connectivity index (χ1) is 8.65. The Kier molecular flexibility index (Phi) is 4.79. The number of hydrogen-bond donors (Lipinski definition) is 1. The first kappa shape index (κ1) is 13.6. The Morgan fingerprint density at radius 2 is 2.00 bits per heavy atom. The minimum atomic E-state index is 0.220. The summed E-state index contributed by atoms with van der Waals surface area (Å²) in [6, 6.07) is 9.09. The van der Waals surface area contributed by atoms with E-state index in [1.54, 1.807) is 0 Å². The van der Waals surface area contributed by atoms with Gasteiger partial charge in [-0.15, -0.1) is 0 Å². The fraction of sp³-hybridized carbons (Fsp3) is 0.625. The molecular formula is C16H25NO. The molecule has 18 heavy (non-hydrogen) atoms. The third-order valence-electron chi connectivity index (χ3n) is 3.73. The molecule has 1 fully saturated rings. The zero-order valence-electron chi connectivity index (χ0n) is 11.6. The van der Waals surface area contributed by atoms with Crippen LogP contribution in [-0.2, 0) is 11.2 Å². The summed E-state index contributed by atoms with van der Waals surface area (Å²) in [6.07, 6.45) is 4.72. The van der Waals surface area contributed by atoms with Crippen LogP contribution in [0.4, 0.5) is 0 Å². The minimum absolute atomic E-state index is 0.220. The smallest absolute Gasteiger partial charge is 0.0590 e. The topological polar surface area (TPSA) is 35.2 Å². The van der Waals surface area contributed by atoms with Gasteiger partial charge in [0.2, 0.25) is 0 Å². The zero-order valence-corrected chi connectivity index (χ0v) is 11.6. The second-order valence-corrected chi connectivity index (χ2v) is 5.73. The molecule has 0 amide bonds. The molecule has 2 N–H and O–H groups in total. The highest BCUT2D eigenvalue weighted by molar-refractivity contribution is 5.25. The van der Waals surface area contributed by atoms with E-state index in [-0.39, 0.29) is 6.04 Å². The van der Waals surface area contributed by atoms with Crippen LogP contribution in [0.3, 0.4) is 0 Å². The van der Waals surface area contributed by atoms with Gasteiger partial charge in [-0.2, -0.15) is 0 Å². The van der Waals surface area contributed by atoms with E-state index >= 15 is 0 Å². The van der Waals surface area contributed by atoms with Crippen LogP contribution >= 0.6 is 0 Å². The molecule has 1 aromatic rings. The van der Waals surface area contributed by atoms with Crippen LogP contribution < -0.4 is 5.73 Å². The van der Waals surface area contributed by atoms with Gasteiger partial charge in [-0.1, -0.05) is 38.1 Å². The highest BCUT2D eigenvalue weighted by atomic mass is 16.5. The number of rotatable bonds is 5. The Bertz CT molecular complexity index is 352. The summed E-state index contributed by atoms with van der Waals surface area (Å²) in [5.74, 6) is 0.597. The quantitative estimate of drug-likeness (QED) is 0.867. The molecule has 0 bridgehead atoms. The van der Waals surface area contributed by atoms with Crippen molar-refractivity contribution in [2.75, 3.05) is 6.61 Å². The predicted molar refractivity (Wildman–Crippen MR) is 75.8 cm³/mol. The van der Waals surface area contributed by atoms with Gasteiger partial charge >= 0.3 is 0 Å². The SMILES string of the molecule is CC(C)c1ccc(CC(N)CC2CCCO2)cc1. The molecule has 1 saturated heterocycles. The lowest BCUT2D eigenvalue weighted by atomic mass is 9.97. The van der Waals surface area contributed by atoms with Crippen molar-refractivity contribution < 1.29 is 4.74 Å². The Hall–Kier alpha value is -0.860. The van der Waals surface area contributed by atoms with Gasteiger partial charge in [0.1, 0.15) is 0 Å². The summed E-state index contributed by atoms with van der Waals surface area (Å²) in [7, 11) is 0. The Balaban J connectivity index is 1.84. The van der Waals surface area contributed by atoms with Crippen molar-refractivity contribution in [3.8, 4) is 0 Å². The van der Waals surface area contributed by atoms with E-state index in [1.807, 2.05) is 0 Å². The molecule has 1 aliphatic rings. The third-order valence-corrected chi connectivity index (χ3v) is 3.73. The molecule has 2 rings (SSSR count). The van der Waals surface area contributed by atoms with E-state index in [4.69, 9.17) is 10.5 Å². The Labute approximate surface area is 111 Å². The van der Waals surface area contributed by atoms with Crippen molar-refractivity contribution in [1.82, 2.24) is 0 Å². The van der Waals surface area contributed by atoms with E-state index in [2.05, 4.69) is 38.1 Å². The van der Waals surface area contributed by atoms with Gasteiger partial charge in [0.15, 0.2) is 0 Å². The van der Waals surface area contributed by atoms with Crippen LogP contribution in [0, 0.1) is 0 Å². The van der Waals surface area contributed by atoms with Gasteiger partial charge in [-0.05, 0) is 42.7 Å². The summed E-state index contributed by atoms with van der Waals surface area (Å²) < 4.78 is 5.63. The lowest BCUT2D eigenvalue weighted by Crippen LogP contribution is -2.28. The van der Waals surface area contributed by atoms with E-state index in [0.29, 0.717) is 12.0 Å². The van der Waals surface area contributed by atoms with Crippen LogP contribution in [-0.4, -0.2) is 18.8 Å². The molecule has 0 aliphatic carbocycles. The van der Waals surface area contributed by atoms with Crippen molar-refractivity contribution >= 4 is 0 Å². The molecule has 0 saturated carbocycles. The number of benzene rings is 1. The van der Waals surface area contributed by atoms with E-state index in [1.165, 1.54) is 24.0 Å². The largest absolute Gasteiger partial charge is 0.378 e. The van der Waals surface area contributed by atoms with Crippen molar-refractivity contribution in [2.45, 2.75) is 57.6 Å². The zero-order chi connectivity index (χ0) is 13.0. The third kappa shape index (κ3) is 3.82. The van der Waals surface area contributed by atoms with Gasteiger partial charge in [-0.25, -0.2) is 0 Å². The summed E-state index contributed by atoms with van der Waals surface area (Å²) in [4.78, 5) is 0. The summed E-state index contributed by atoms with van der Waals surface area (Å²) in [5.41, 5.74) is 8.94. The average Bonchev–Trinajstić information content (AvgIpc) is 2.82. The number of nitrogens with two attached hydrogens (primary N) is 1. The van der Waals surface area contributed by atoms with E-state index in [0.717, 1.165) is 19.4 Å². The van der Waals surface area contributed by atoms with Crippen molar-refractivity contribution in [1.29, 1.82) is 0 Å². The van der Waals surface area contributed by atoms with E-state index < -0.39 is 0 Å². The highest BCUT2D eigenvalue weighted by Gasteiger charge is 2.18. The van der Waals surface area contributed by atoms with Crippen LogP contribution in [0.25, 0.3) is 0 Å². The second-order valence-electron chi connectivity index (χ2n) is 5.73. The maximum atomic E-state index is 6.20. The van der Waals surface area contributed by atoms with Crippen LogP contribution in [0.1, 0.15) is 50.2 Å². The summed E-state index contributed by atoms with van der Waals surface area (Å²) >= 11 is 0. The Morgan fingerprint density at radius 1 is 1.28 bits per heavy atom. The van der Waals surface area contributed by atoms with Crippen molar-refractivity contribution in [3.63, 3.8) is 0 Å². The molecule has 100 valence electrons. The molecule has 2 nitrogen and oxygen atoms in total.